The van der Waals surface area contributed by atoms with E-state index in [2.05, 4.69) is 4.98 Å². The van der Waals surface area contributed by atoms with Crippen LogP contribution < -0.4 is 10.5 Å². The van der Waals surface area contributed by atoms with Crippen LogP contribution in [0.4, 0.5) is 5.69 Å². The van der Waals surface area contributed by atoms with E-state index in [1.165, 1.54) is 0 Å². The number of hydrogen-bond donors (Lipinski definition) is 1. The van der Waals surface area contributed by atoms with E-state index >= 15 is 0 Å². The molecule has 2 N–H and O–H groups in total. The van der Waals surface area contributed by atoms with E-state index in [1.54, 1.807) is 6.20 Å². The van der Waals surface area contributed by atoms with E-state index in [0.29, 0.717) is 12.3 Å². The third-order valence-corrected chi connectivity index (χ3v) is 2.68. The summed E-state index contributed by atoms with van der Waals surface area (Å²) in [5.74, 6) is 1.74. The lowest BCUT2D eigenvalue weighted by atomic mass is 10.2. The van der Waals surface area contributed by atoms with Gasteiger partial charge < -0.3 is 15.0 Å². The van der Waals surface area contributed by atoms with Crippen LogP contribution in [0.2, 0.25) is 0 Å². The Morgan fingerprint density at radius 3 is 2.88 bits per heavy atom. The molecule has 0 spiro atoms. The largest absolute Gasteiger partial charge is 0.490 e. The van der Waals surface area contributed by atoms with E-state index in [0.717, 1.165) is 23.7 Å². The summed E-state index contributed by atoms with van der Waals surface area (Å²) in [5.41, 5.74) is 7.66. The second kappa shape index (κ2) is 4.91. The minimum absolute atomic E-state index is 0.588. The van der Waals surface area contributed by atoms with E-state index in [1.807, 2.05) is 42.8 Å². The van der Waals surface area contributed by atoms with Crippen molar-refractivity contribution in [1.29, 1.82) is 0 Å². The molecule has 0 saturated carbocycles. The summed E-state index contributed by atoms with van der Waals surface area (Å²) in [6.07, 6.45) is 3.73. The van der Waals surface area contributed by atoms with Gasteiger partial charge in [0.2, 0.25) is 0 Å². The fourth-order valence-corrected chi connectivity index (χ4v) is 1.66. The van der Waals surface area contributed by atoms with Gasteiger partial charge in [-0.05, 0) is 31.5 Å². The molecule has 1 aromatic heterocycles. The summed E-state index contributed by atoms with van der Waals surface area (Å²) < 4.78 is 7.72. The summed E-state index contributed by atoms with van der Waals surface area (Å²) in [5, 5.41) is 0. The highest BCUT2D eigenvalue weighted by Gasteiger charge is 2.01. The van der Waals surface area contributed by atoms with Crippen LogP contribution in [0.3, 0.4) is 0 Å². The van der Waals surface area contributed by atoms with Gasteiger partial charge in [-0.2, -0.15) is 0 Å². The number of hydrogen-bond acceptors (Lipinski definition) is 3. The average Bonchev–Trinajstić information content (AvgIpc) is 2.70. The van der Waals surface area contributed by atoms with E-state index in [-0.39, 0.29) is 0 Å². The number of nitrogens with two attached hydrogens (primary N) is 1. The molecule has 1 aromatic carbocycles. The van der Waals surface area contributed by atoms with Crippen LogP contribution in [-0.4, -0.2) is 16.2 Å². The monoisotopic (exact) mass is 231 g/mol. The quantitative estimate of drug-likeness (QED) is 0.820. The predicted molar refractivity (Wildman–Crippen MR) is 68.1 cm³/mol. The Morgan fingerprint density at radius 1 is 1.35 bits per heavy atom. The van der Waals surface area contributed by atoms with Crippen LogP contribution >= 0.6 is 0 Å². The molecule has 0 saturated heterocycles. The van der Waals surface area contributed by atoms with Crippen molar-refractivity contribution in [3.05, 3.63) is 42.0 Å². The fraction of sp³-hybridized carbons (Fsp3) is 0.308. The van der Waals surface area contributed by atoms with Crippen LogP contribution in [0, 0.1) is 13.8 Å². The smallest absolute Gasteiger partial charge is 0.142 e. The Kier molecular flexibility index (Phi) is 3.32. The standard InChI is InChI=1S/C13H17N3O/c1-10-3-4-12(14)13(9-10)17-8-7-16-6-5-15-11(16)2/h3-6,9H,7-8,14H2,1-2H3. The van der Waals surface area contributed by atoms with Crippen LogP contribution in [0.25, 0.3) is 0 Å². The molecule has 17 heavy (non-hydrogen) atoms. The molecule has 0 amide bonds. The van der Waals surface area contributed by atoms with Crippen molar-refractivity contribution in [2.45, 2.75) is 20.4 Å². The van der Waals surface area contributed by atoms with E-state index in [9.17, 15) is 0 Å². The lowest BCUT2D eigenvalue weighted by molar-refractivity contribution is 0.298. The molecule has 0 atom stereocenters. The number of anilines is 1. The van der Waals surface area contributed by atoms with Gasteiger partial charge in [-0.25, -0.2) is 4.98 Å². The van der Waals surface area contributed by atoms with Crippen molar-refractivity contribution in [3.8, 4) is 5.75 Å². The Balaban J connectivity index is 1.94. The molecule has 2 rings (SSSR count). The molecule has 4 nitrogen and oxygen atoms in total. The molecule has 0 aliphatic rings. The van der Waals surface area contributed by atoms with Crippen molar-refractivity contribution < 1.29 is 4.74 Å². The highest BCUT2D eigenvalue weighted by molar-refractivity contribution is 5.53. The normalized spacial score (nSPS) is 10.5. The van der Waals surface area contributed by atoms with Gasteiger partial charge in [0.15, 0.2) is 0 Å². The van der Waals surface area contributed by atoms with E-state index in [4.69, 9.17) is 10.5 Å². The number of nitrogens with zero attached hydrogens (tertiary/aromatic N) is 2. The second-order valence-corrected chi connectivity index (χ2v) is 4.06. The lowest BCUT2D eigenvalue weighted by Gasteiger charge is -2.10. The first-order valence-corrected chi connectivity index (χ1v) is 5.63. The number of benzene rings is 1. The topological polar surface area (TPSA) is 53.1 Å². The highest BCUT2D eigenvalue weighted by Crippen LogP contribution is 2.22. The van der Waals surface area contributed by atoms with Crippen LogP contribution in [0.1, 0.15) is 11.4 Å². The molecule has 0 unspecified atom stereocenters. The summed E-state index contributed by atoms with van der Waals surface area (Å²) in [4.78, 5) is 4.16. The Morgan fingerprint density at radius 2 is 2.18 bits per heavy atom. The molecule has 1 heterocycles. The number of nitrogen functional groups attached to an aromatic ring is 1. The van der Waals surface area contributed by atoms with Crippen LogP contribution in [-0.2, 0) is 6.54 Å². The second-order valence-electron chi connectivity index (χ2n) is 4.06. The highest BCUT2D eigenvalue weighted by atomic mass is 16.5. The predicted octanol–water partition coefficient (Wildman–Crippen LogP) is 2.16. The van der Waals surface area contributed by atoms with Crippen LogP contribution in [0.15, 0.2) is 30.6 Å². The summed E-state index contributed by atoms with van der Waals surface area (Å²) in [6.45, 7) is 5.36. The molecule has 0 aliphatic carbocycles. The van der Waals surface area contributed by atoms with Crippen molar-refractivity contribution in [1.82, 2.24) is 9.55 Å². The van der Waals surface area contributed by atoms with Gasteiger partial charge in [0.1, 0.15) is 18.2 Å². The molecular weight excluding hydrogens is 214 g/mol. The van der Waals surface area contributed by atoms with E-state index < -0.39 is 0 Å². The third-order valence-electron chi connectivity index (χ3n) is 2.68. The molecule has 0 aliphatic heterocycles. The van der Waals surface area contributed by atoms with Gasteiger partial charge in [-0.3, -0.25) is 0 Å². The molecule has 2 aromatic rings. The first-order valence-electron chi connectivity index (χ1n) is 5.63. The zero-order chi connectivity index (χ0) is 12.3. The molecule has 90 valence electrons. The van der Waals surface area contributed by atoms with Gasteiger partial charge in [0, 0.05) is 12.4 Å². The Hall–Kier alpha value is -1.97. The maximum absolute atomic E-state index is 5.83. The fourth-order valence-electron chi connectivity index (χ4n) is 1.66. The van der Waals surface area contributed by atoms with Gasteiger partial charge in [0.25, 0.3) is 0 Å². The summed E-state index contributed by atoms with van der Waals surface area (Å²) >= 11 is 0. The molecule has 4 heteroatoms. The third kappa shape index (κ3) is 2.78. The minimum Gasteiger partial charge on any atom is -0.490 e. The number of ether oxygens (including phenoxy) is 1. The number of imidazole rings is 1. The number of aromatic nitrogens is 2. The summed E-state index contributed by atoms with van der Waals surface area (Å²) in [6, 6.07) is 5.80. The maximum atomic E-state index is 5.83. The average molecular weight is 231 g/mol. The zero-order valence-electron chi connectivity index (χ0n) is 10.2. The molecule has 0 radical (unpaired) electrons. The van der Waals surface area contributed by atoms with Crippen molar-refractivity contribution >= 4 is 5.69 Å². The van der Waals surface area contributed by atoms with Gasteiger partial charge >= 0.3 is 0 Å². The summed E-state index contributed by atoms with van der Waals surface area (Å²) in [7, 11) is 0. The maximum Gasteiger partial charge on any atom is 0.142 e. The zero-order valence-corrected chi connectivity index (χ0v) is 10.2. The van der Waals surface area contributed by atoms with Gasteiger partial charge in [-0.1, -0.05) is 6.07 Å². The Bertz CT molecular complexity index is 505. The van der Waals surface area contributed by atoms with Crippen molar-refractivity contribution in [3.63, 3.8) is 0 Å². The van der Waals surface area contributed by atoms with Gasteiger partial charge in [-0.15, -0.1) is 0 Å². The lowest BCUT2D eigenvalue weighted by Crippen LogP contribution is -2.09. The minimum atomic E-state index is 0.588. The van der Waals surface area contributed by atoms with Crippen molar-refractivity contribution in [2.24, 2.45) is 0 Å². The number of rotatable bonds is 4. The number of aryl methyl sites for hydroxylation is 2. The SMILES string of the molecule is Cc1ccc(N)c(OCCn2ccnc2C)c1. The van der Waals surface area contributed by atoms with Gasteiger partial charge in [0.05, 0.1) is 12.2 Å². The first kappa shape index (κ1) is 11.5. The van der Waals surface area contributed by atoms with Crippen LogP contribution in [0.5, 0.6) is 5.75 Å². The first-order chi connectivity index (χ1) is 8.16. The molecule has 0 bridgehead atoms. The van der Waals surface area contributed by atoms with Crippen molar-refractivity contribution in [2.75, 3.05) is 12.3 Å². The molecular formula is C13H17N3O. The molecule has 0 fully saturated rings. The Labute approximate surface area is 101 Å².